The van der Waals surface area contributed by atoms with Crippen LogP contribution in [0.5, 0.6) is 0 Å². The van der Waals surface area contributed by atoms with Crippen molar-refractivity contribution in [3.63, 3.8) is 0 Å². The van der Waals surface area contributed by atoms with Gasteiger partial charge in [-0.1, -0.05) is 0 Å². The molecule has 2 fully saturated rings. The molecule has 0 aromatic carbocycles. The lowest BCUT2D eigenvalue weighted by Gasteiger charge is -2.34. The highest BCUT2D eigenvalue weighted by Crippen LogP contribution is 2.30. The average molecular weight is 296 g/mol. The molecule has 1 N–H and O–H groups in total. The summed E-state index contributed by atoms with van der Waals surface area (Å²) in [5.41, 5.74) is 0. The number of rotatable bonds is 5. The molecule has 2 aliphatic rings. The van der Waals surface area contributed by atoms with Gasteiger partial charge < -0.3 is 19.9 Å². The van der Waals surface area contributed by atoms with Crippen molar-refractivity contribution in [2.45, 2.75) is 31.8 Å². The van der Waals surface area contributed by atoms with Crippen LogP contribution < -0.4 is 5.32 Å². The molecule has 0 atom stereocenters. The number of hydrogen-bond acceptors (Lipinski definition) is 3. The summed E-state index contributed by atoms with van der Waals surface area (Å²) in [7, 11) is 5.28. The molecule has 2 rings (SSSR count). The van der Waals surface area contributed by atoms with Crippen LogP contribution in [0.25, 0.3) is 0 Å². The number of piperidine rings is 1. The third-order valence-corrected chi connectivity index (χ3v) is 4.11. The number of aliphatic imine (C=N–C) groups is 1. The first-order valence-electron chi connectivity index (χ1n) is 7.87. The summed E-state index contributed by atoms with van der Waals surface area (Å²) in [6.07, 6.45) is 5.15. The average Bonchev–Trinajstić information content (AvgIpc) is 3.30. The topological polar surface area (TPSA) is 57.2 Å². The fraction of sp³-hybridized carbons (Fsp3) is 0.867. The lowest BCUT2D eigenvalue weighted by molar-refractivity contribution is -0.127. The first kappa shape index (κ1) is 16.1. The molecule has 6 heteroatoms. The maximum Gasteiger partial charge on any atom is 0.241 e. The molecule has 1 aliphatic carbocycles. The van der Waals surface area contributed by atoms with Crippen LogP contribution in [-0.4, -0.2) is 75.2 Å². The van der Waals surface area contributed by atoms with Crippen LogP contribution in [0.3, 0.4) is 0 Å². The van der Waals surface area contributed by atoms with Gasteiger partial charge in [0.2, 0.25) is 5.91 Å². The monoisotopic (exact) mass is 296 g/mol. The summed E-state index contributed by atoms with van der Waals surface area (Å²) < 4.78 is 5.95. The molecule has 1 amide bonds. The summed E-state index contributed by atoms with van der Waals surface area (Å²) in [6.45, 7) is 3.10. The van der Waals surface area contributed by atoms with E-state index in [4.69, 9.17) is 4.74 Å². The minimum atomic E-state index is 0.0544. The Morgan fingerprint density at radius 2 is 1.95 bits per heavy atom. The van der Waals surface area contributed by atoms with Gasteiger partial charge in [0.15, 0.2) is 5.96 Å². The van der Waals surface area contributed by atoms with Gasteiger partial charge in [-0.05, 0) is 31.6 Å². The molecule has 0 spiro atoms. The van der Waals surface area contributed by atoms with Gasteiger partial charge in [-0.25, -0.2) is 0 Å². The number of nitrogens with zero attached hydrogens (tertiary/aromatic N) is 3. The molecule has 6 nitrogen and oxygen atoms in total. The van der Waals surface area contributed by atoms with Crippen molar-refractivity contribution in [2.75, 3.05) is 47.4 Å². The number of hydrogen-bond donors (Lipinski definition) is 1. The maximum absolute atomic E-state index is 11.6. The Bertz CT molecular complexity index is 372. The van der Waals surface area contributed by atoms with E-state index in [0.717, 1.165) is 44.4 Å². The van der Waals surface area contributed by atoms with Crippen molar-refractivity contribution in [1.82, 2.24) is 15.1 Å². The van der Waals surface area contributed by atoms with Gasteiger partial charge in [0.1, 0.15) is 0 Å². The molecule has 1 saturated carbocycles. The molecular weight excluding hydrogens is 268 g/mol. The molecule has 0 radical (unpaired) electrons. The van der Waals surface area contributed by atoms with Crippen molar-refractivity contribution in [3.05, 3.63) is 0 Å². The number of nitrogens with one attached hydrogen (secondary N) is 1. The Kier molecular flexibility index (Phi) is 5.85. The quantitative estimate of drug-likeness (QED) is 0.594. The van der Waals surface area contributed by atoms with Crippen LogP contribution in [0.2, 0.25) is 0 Å². The Hall–Kier alpha value is -1.30. The van der Waals surface area contributed by atoms with E-state index in [-0.39, 0.29) is 12.5 Å². The smallest absolute Gasteiger partial charge is 0.241 e. The van der Waals surface area contributed by atoms with E-state index in [9.17, 15) is 4.79 Å². The van der Waals surface area contributed by atoms with Gasteiger partial charge >= 0.3 is 0 Å². The van der Waals surface area contributed by atoms with Crippen LogP contribution in [0.4, 0.5) is 0 Å². The number of guanidine groups is 1. The fourth-order valence-corrected chi connectivity index (χ4v) is 2.44. The van der Waals surface area contributed by atoms with E-state index in [0.29, 0.717) is 6.10 Å². The molecule has 0 unspecified atom stereocenters. The Morgan fingerprint density at radius 3 is 2.48 bits per heavy atom. The summed E-state index contributed by atoms with van der Waals surface area (Å²) in [6, 6.07) is 0. The van der Waals surface area contributed by atoms with Crippen molar-refractivity contribution in [1.29, 1.82) is 0 Å². The molecule has 21 heavy (non-hydrogen) atoms. The van der Waals surface area contributed by atoms with E-state index in [1.807, 2.05) is 0 Å². The van der Waals surface area contributed by atoms with E-state index in [1.165, 1.54) is 12.8 Å². The van der Waals surface area contributed by atoms with E-state index < -0.39 is 0 Å². The zero-order chi connectivity index (χ0) is 15.2. The van der Waals surface area contributed by atoms with Crippen LogP contribution in [-0.2, 0) is 9.53 Å². The Morgan fingerprint density at radius 1 is 1.29 bits per heavy atom. The summed E-state index contributed by atoms with van der Waals surface area (Å²) >= 11 is 0. The first-order valence-corrected chi connectivity index (χ1v) is 7.87. The van der Waals surface area contributed by atoms with Crippen LogP contribution in [0.1, 0.15) is 25.7 Å². The van der Waals surface area contributed by atoms with E-state index >= 15 is 0 Å². The van der Waals surface area contributed by atoms with Crippen LogP contribution in [0.15, 0.2) is 4.99 Å². The second kappa shape index (κ2) is 7.64. The highest BCUT2D eigenvalue weighted by atomic mass is 16.5. The lowest BCUT2D eigenvalue weighted by atomic mass is 10.1. The zero-order valence-corrected chi connectivity index (χ0v) is 13.5. The van der Waals surface area contributed by atoms with Crippen LogP contribution in [0, 0.1) is 5.92 Å². The molecule has 1 heterocycles. The second-order valence-corrected chi connectivity index (χ2v) is 6.15. The molecule has 1 saturated heterocycles. The predicted molar refractivity (Wildman–Crippen MR) is 83.3 cm³/mol. The maximum atomic E-state index is 11.6. The van der Waals surface area contributed by atoms with Crippen molar-refractivity contribution >= 4 is 11.9 Å². The fourth-order valence-electron chi connectivity index (χ4n) is 2.44. The highest BCUT2D eigenvalue weighted by Gasteiger charge is 2.26. The number of amides is 1. The number of likely N-dealkylation sites (N-methyl/N-ethyl adjacent to an activating group) is 1. The number of ether oxygens (including phenoxy) is 1. The van der Waals surface area contributed by atoms with Gasteiger partial charge in [-0.2, -0.15) is 0 Å². The predicted octanol–water partition coefficient (Wildman–Crippen LogP) is 0.541. The van der Waals surface area contributed by atoms with Crippen molar-refractivity contribution < 1.29 is 9.53 Å². The normalized spacial score (nSPS) is 20.5. The van der Waals surface area contributed by atoms with E-state index in [2.05, 4.69) is 15.2 Å². The second-order valence-electron chi connectivity index (χ2n) is 6.15. The lowest BCUT2D eigenvalue weighted by Crippen LogP contribution is -2.49. The van der Waals surface area contributed by atoms with E-state index in [1.54, 1.807) is 26.0 Å². The van der Waals surface area contributed by atoms with Gasteiger partial charge in [0, 0.05) is 40.8 Å². The van der Waals surface area contributed by atoms with Crippen molar-refractivity contribution in [3.8, 4) is 0 Å². The number of carbonyl (C=O) groups is 1. The third-order valence-electron chi connectivity index (χ3n) is 4.11. The molecule has 0 bridgehead atoms. The zero-order valence-electron chi connectivity index (χ0n) is 13.5. The Labute approximate surface area is 127 Å². The minimum absolute atomic E-state index is 0.0544. The van der Waals surface area contributed by atoms with Gasteiger partial charge in [-0.3, -0.25) is 9.79 Å². The molecule has 120 valence electrons. The molecule has 0 aromatic heterocycles. The summed E-state index contributed by atoms with van der Waals surface area (Å²) in [4.78, 5) is 19.7. The molecular formula is C15H28N4O2. The standard InChI is InChI=1S/C15H28N4O2/c1-16-15(17-10-14(20)18(2)3)19-8-6-13(7-9-19)21-11-12-4-5-12/h12-13H,4-11H2,1-3H3,(H,16,17). The minimum Gasteiger partial charge on any atom is -0.378 e. The summed E-state index contributed by atoms with van der Waals surface area (Å²) in [5.74, 6) is 1.69. The largest absolute Gasteiger partial charge is 0.378 e. The molecule has 0 aromatic rings. The number of likely N-dealkylation sites (tertiary alicyclic amines) is 1. The van der Waals surface area contributed by atoms with Gasteiger partial charge in [-0.15, -0.1) is 0 Å². The molecule has 1 aliphatic heterocycles. The number of carbonyl (C=O) groups excluding carboxylic acids is 1. The SMILES string of the molecule is CN=C(NCC(=O)N(C)C)N1CCC(OCC2CC2)CC1. The van der Waals surface area contributed by atoms with Gasteiger partial charge in [0.05, 0.1) is 12.6 Å². The highest BCUT2D eigenvalue weighted by molar-refractivity contribution is 5.86. The van der Waals surface area contributed by atoms with Gasteiger partial charge in [0.25, 0.3) is 0 Å². The van der Waals surface area contributed by atoms with Crippen LogP contribution >= 0.6 is 0 Å². The van der Waals surface area contributed by atoms with Crippen molar-refractivity contribution in [2.24, 2.45) is 10.9 Å². The summed E-state index contributed by atoms with van der Waals surface area (Å²) in [5, 5.41) is 3.14. The third kappa shape index (κ3) is 5.19. The Balaban J connectivity index is 1.69. The first-order chi connectivity index (χ1) is 10.1.